The van der Waals surface area contributed by atoms with E-state index < -0.39 is 0 Å². The summed E-state index contributed by atoms with van der Waals surface area (Å²) in [6.07, 6.45) is 4.16. The zero-order valence-corrected chi connectivity index (χ0v) is 12.9. The minimum absolute atomic E-state index is 0.181. The SMILES string of the molecule is CC(C)(C)c1ccc(C(O)C2C3C4CCC(C4)C32)s1. The fraction of sp³-hybridized carbons (Fsp3) is 0.765. The molecule has 0 aliphatic heterocycles. The highest BCUT2D eigenvalue weighted by molar-refractivity contribution is 7.12. The van der Waals surface area contributed by atoms with E-state index in [1.807, 2.05) is 11.3 Å². The zero-order valence-electron chi connectivity index (χ0n) is 12.1. The Morgan fingerprint density at radius 3 is 2.32 bits per heavy atom. The molecule has 3 fully saturated rings. The van der Waals surface area contributed by atoms with Crippen LogP contribution in [0.25, 0.3) is 0 Å². The van der Waals surface area contributed by atoms with E-state index in [1.54, 1.807) is 0 Å². The number of hydrogen-bond donors (Lipinski definition) is 1. The molecule has 0 radical (unpaired) electrons. The summed E-state index contributed by atoms with van der Waals surface area (Å²) in [5.74, 6) is 4.24. The summed E-state index contributed by atoms with van der Waals surface area (Å²) < 4.78 is 0. The van der Waals surface area contributed by atoms with E-state index >= 15 is 0 Å². The Hall–Kier alpha value is -0.340. The van der Waals surface area contributed by atoms with Crippen LogP contribution in [0.1, 0.15) is 55.9 Å². The van der Waals surface area contributed by atoms with E-state index in [0.29, 0.717) is 5.92 Å². The van der Waals surface area contributed by atoms with Crippen molar-refractivity contribution in [2.24, 2.45) is 29.6 Å². The molecule has 2 heteroatoms. The highest BCUT2D eigenvalue weighted by Gasteiger charge is 2.66. The number of thiophene rings is 1. The molecule has 1 nitrogen and oxygen atoms in total. The van der Waals surface area contributed by atoms with Crippen molar-refractivity contribution in [2.45, 2.75) is 51.6 Å². The standard InChI is InChI=1S/C17H24OS/c1-17(2,3)12-7-6-11(19-12)16(18)15-13-9-4-5-10(8-9)14(13)15/h6-7,9-10,13-16,18H,4-5,8H2,1-3H3. The maximum absolute atomic E-state index is 10.7. The third-order valence-corrected chi connectivity index (χ3v) is 7.40. The van der Waals surface area contributed by atoms with Crippen molar-refractivity contribution in [1.82, 2.24) is 0 Å². The quantitative estimate of drug-likeness (QED) is 0.850. The van der Waals surface area contributed by atoms with Crippen LogP contribution in [0.5, 0.6) is 0 Å². The van der Waals surface area contributed by atoms with E-state index in [1.165, 1.54) is 29.0 Å². The van der Waals surface area contributed by atoms with Crippen LogP contribution in [0.3, 0.4) is 0 Å². The maximum atomic E-state index is 10.7. The number of hydrogen-bond acceptors (Lipinski definition) is 2. The molecule has 1 aromatic rings. The largest absolute Gasteiger partial charge is 0.387 e. The molecule has 2 bridgehead atoms. The molecule has 1 heterocycles. The van der Waals surface area contributed by atoms with Gasteiger partial charge in [0.1, 0.15) is 0 Å². The smallest absolute Gasteiger partial charge is 0.0915 e. The zero-order chi connectivity index (χ0) is 13.4. The van der Waals surface area contributed by atoms with Gasteiger partial charge in [-0.25, -0.2) is 0 Å². The summed E-state index contributed by atoms with van der Waals surface area (Å²) in [6, 6.07) is 4.39. The maximum Gasteiger partial charge on any atom is 0.0915 e. The van der Waals surface area contributed by atoms with Gasteiger partial charge in [0, 0.05) is 9.75 Å². The van der Waals surface area contributed by atoms with Crippen LogP contribution in [-0.2, 0) is 5.41 Å². The molecule has 5 unspecified atom stereocenters. The van der Waals surface area contributed by atoms with Crippen LogP contribution < -0.4 is 0 Å². The first-order valence-electron chi connectivity index (χ1n) is 7.75. The Balaban J connectivity index is 1.53. The molecule has 104 valence electrons. The third kappa shape index (κ3) is 1.76. The van der Waals surface area contributed by atoms with E-state index in [-0.39, 0.29) is 11.5 Å². The molecule has 0 amide bonds. The summed E-state index contributed by atoms with van der Waals surface area (Å²) in [4.78, 5) is 2.61. The average molecular weight is 276 g/mol. The van der Waals surface area contributed by atoms with E-state index in [4.69, 9.17) is 0 Å². The monoisotopic (exact) mass is 276 g/mol. The fourth-order valence-corrected chi connectivity index (χ4v) is 6.03. The van der Waals surface area contributed by atoms with Crippen LogP contribution in [0.15, 0.2) is 12.1 Å². The summed E-state index contributed by atoms with van der Waals surface area (Å²) in [5.41, 5.74) is 0.209. The van der Waals surface area contributed by atoms with Crippen molar-refractivity contribution in [3.05, 3.63) is 21.9 Å². The third-order valence-electron chi connectivity index (χ3n) is 5.82. The molecule has 0 aromatic carbocycles. The molecule has 3 aliphatic rings. The Morgan fingerprint density at radius 1 is 1.16 bits per heavy atom. The fourth-order valence-electron chi connectivity index (χ4n) is 4.92. The van der Waals surface area contributed by atoms with Gasteiger partial charge in [-0.2, -0.15) is 0 Å². The van der Waals surface area contributed by atoms with Crippen LogP contribution in [0, 0.1) is 29.6 Å². The van der Waals surface area contributed by atoms with Gasteiger partial charge in [0.05, 0.1) is 6.10 Å². The van der Waals surface area contributed by atoms with Crippen LogP contribution in [0.2, 0.25) is 0 Å². The van der Waals surface area contributed by atoms with Crippen molar-refractivity contribution >= 4 is 11.3 Å². The van der Waals surface area contributed by atoms with Gasteiger partial charge in [-0.05, 0) is 66.4 Å². The van der Waals surface area contributed by atoms with E-state index in [9.17, 15) is 5.11 Å². The van der Waals surface area contributed by atoms with Crippen LogP contribution in [-0.4, -0.2) is 5.11 Å². The predicted octanol–water partition coefficient (Wildman–Crippen LogP) is 4.37. The summed E-state index contributed by atoms with van der Waals surface area (Å²) >= 11 is 1.83. The molecular formula is C17H24OS. The van der Waals surface area contributed by atoms with Gasteiger partial charge >= 0.3 is 0 Å². The Morgan fingerprint density at radius 2 is 1.79 bits per heavy atom. The lowest BCUT2D eigenvalue weighted by atomic mass is 9.95. The van der Waals surface area contributed by atoms with Crippen molar-refractivity contribution in [3.63, 3.8) is 0 Å². The second kappa shape index (κ2) is 3.85. The van der Waals surface area contributed by atoms with E-state index in [2.05, 4.69) is 32.9 Å². The molecule has 5 atom stereocenters. The van der Waals surface area contributed by atoms with Crippen molar-refractivity contribution in [2.75, 3.05) is 0 Å². The molecule has 3 aliphatic carbocycles. The predicted molar refractivity (Wildman–Crippen MR) is 79.3 cm³/mol. The Bertz CT molecular complexity index is 482. The lowest BCUT2D eigenvalue weighted by Gasteiger charge is -2.16. The van der Waals surface area contributed by atoms with Crippen LogP contribution >= 0.6 is 11.3 Å². The minimum Gasteiger partial charge on any atom is -0.387 e. The highest BCUT2D eigenvalue weighted by atomic mass is 32.1. The van der Waals surface area contributed by atoms with Gasteiger partial charge in [-0.3, -0.25) is 0 Å². The lowest BCUT2D eigenvalue weighted by molar-refractivity contribution is 0.133. The molecule has 19 heavy (non-hydrogen) atoms. The first-order chi connectivity index (χ1) is 8.97. The summed E-state index contributed by atoms with van der Waals surface area (Å²) in [5, 5.41) is 10.7. The van der Waals surface area contributed by atoms with Crippen LogP contribution in [0.4, 0.5) is 0 Å². The Labute approximate surface area is 120 Å². The lowest BCUT2D eigenvalue weighted by Crippen LogP contribution is -2.08. The molecule has 1 N–H and O–H groups in total. The average Bonchev–Trinajstić information content (AvgIpc) is 2.78. The van der Waals surface area contributed by atoms with Gasteiger partial charge in [0.15, 0.2) is 0 Å². The van der Waals surface area contributed by atoms with Gasteiger partial charge in [0.25, 0.3) is 0 Å². The van der Waals surface area contributed by atoms with Gasteiger partial charge in [-0.15, -0.1) is 11.3 Å². The topological polar surface area (TPSA) is 20.2 Å². The molecule has 0 saturated heterocycles. The first-order valence-corrected chi connectivity index (χ1v) is 8.57. The molecule has 0 spiro atoms. The van der Waals surface area contributed by atoms with Gasteiger partial charge < -0.3 is 5.11 Å². The molecular weight excluding hydrogens is 252 g/mol. The molecule has 1 aromatic heterocycles. The Kier molecular flexibility index (Phi) is 2.52. The number of rotatable bonds is 2. The number of aliphatic hydroxyl groups excluding tert-OH is 1. The molecule has 4 rings (SSSR count). The minimum atomic E-state index is -0.181. The number of fused-ring (bicyclic) bond motifs is 5. The normalized spacial score (nSPS) is 41.4. The number of aliphatic hydroxyl groups is 1. The first kappa shape index (κ1) is 12.4. The molecule has 3 saturated carbocycles. The van der Waals surface area contributed by atoms with Crippen molar-refractivity contribution < 1.29 is 5.11 Å². The summed E-state index contributed by atoms with van der Waals surface area (Å²) in [7, 11) is 0. The van der Waals surface area contributed by atoms with Gasteiger partial charge in [-0.1, -0.05) is 20.8 Å². The van der Waals surface area contributed by atoms with E-state index in [0.717, 1.165) is 23.7 Å². The van der Waals surface area contributed by atoms with Crippen molar-refractivity contribution in [3.8, 4) is 0 Å². The van der Waals surface area contributed by atoms with Gasteiger partial charge in [0.2, 0.25) is 0 Å². The second-order valence-corrected chi connectivity index (χ2v) is 9.08. The highest BCUT2D eigenvalue weighted by Crippen LogP contribution is 2.72. The summed E-state index contributed by atoms with van der Waals surface area (Å²) in [6.45, 7) is 6.75. The van der Waals surface area contributed by atoms with Crippen molar-refractivity contribution in [1.29, 1.82) is 0 Å². The second-order valence-electron chi connectivity index (χ2n) is 7.96.